The van der Waals surface area contributed by atoms with Gasteiger partial charge in [-0.3, -0.25) is 0 Å². The number of rotatable bonds is 1. The number of hydrogen-bond acceptors (Lipinski definition) is 1. The number of carbonyl (C=O) groups is 1. The van der Waals surface area contributed by atoms with Gasteiger partial charge in [0.05, 0.1) is 0 Å². The molecule has 0 amide bonds. The quantitative estimate of drug-likeness (QED) is 0.560. The minimum absolute atomic E-state index is 0.171. The molecule has 2 heteroatoms. The Morgan fingerprint density at radius 2 is 2.08 bits per heavy atom. The fourth-order valence-corrected chi connectivity index (χ4v) is 1.92. The summed E-state index contributed by atoms with van der Waals surface area (Å²) in [5, 5.41) is 0. The molecule has 70 valence electrons. The first-order valence-corrected chi connectivity index (χ1v) is 4.86. The van der Waals surface area contributed by atoms with E-state index in [9.17, 15) is 4.79 Å². The van der Waals surface area contributed by atoms with Gasteiger partial charge in [0, 0.05) is 0 Å². The zero-order chi connectivity index (χ0) is 10.1. The summed E-state index contributed by atoms with van der Waals surface area (Å²) >= 11 is 0. The van der Waals surface area contributed by atoms with Gasteiger partial charge in [0.2, 0.25) is 0 Å². The van der Waals surface area contributed by atoms with Gasteiger partial charge in [-0.25, -0.2) is 0 Å². The van der Waals surface area contributed by atoms with Crippen LogP contribution in [-0.4, -0.2) is 18.7 Å². The zero-order valence-electron chi connectivity index (χ0n) is 8.98. The molecule has 1 nitrogen and oxygen atoms in total. The van der Waals surface area contributed by atoms with E-state index in [2.05, 4.69) is 19.8 Å². The molecular weight excluding hydrogens is 159 g/mol. The van der Waals surface area contributed by atoms with Crippen LogP contribution in [0.4, 0.5) is 0 Å². The molecule has 0 atom stereocenters. The van der Waals surface area contributed by atoms with E-state index in [-0.39, 0.29) is 5.41 Å². The van der Waals surface area contributed by atoms with Crippen LogP contribution in [0.25, 0.3) is 0 Å². The van der Waals surface area contributed by atoms with Gasteiger partial charge in [0.25, 0.3) is 0 Å². The fourth-order valence-electron chi connectivity index (χ4n) is 1.92. The van der Waals surface area contributed by atoms with Crippen LogP contribution in [0.5, 0.6) is 0 Å². The van der Waals surface area contributed by atoms with Crippen molar-refractivity contribution in [1.29, 1.82) is 0 Å². The molecule has 0 aromatic carbocycles. The zero-order valence-corrected chi connectivity index (χ0v) is 8.98. The maximum atomic E-state index is 11.5. The average molecular weight is 176 g/mol. The van der Waals surface area contributed by atoms with Gasteiger partial charge < -0.3 is 0 Å². The second-order valence-electron chi connectivity index (χ2n) is 4.35. The van der Waals surface area contributed by atoms with Gasteiger partial charge in [-0.15, -0.1) is 0 Å². The Labute approximate surface area is 81.1 Å². The van der Waals surface area contributed by atoms with E-state index in [1.807, 2.05) is 20.7 Å². The van der Waals surface area contributed by atoms with E-state index in [1.165, 1.54) is 5.57 Å². The Morgan fingerprint density at radius 3 is 2.62 bits per heavy atom. The third kappa shape index (κ3) is 1.98. The van der Waals surface area contributed by atoms with Crippen molar-refractivity contribution in [3.63, 3.8) is 0 Å². The summed E-state index contributed by atoms with van der Waals surface area (Å²) < 4.78 is 0. The van der Waals surface area contributed by atoms with Crippen LogP contribution < -0.4 is 0 Å². The Morgan fingerprint density at radius 1 is 1.46 bits per heavy atom. The Hall–Kier alpha value is -0.655. The number of Topliss-reactive ketones (excluding diaryl/α,β-unsaturated/α-hetero) is 1. The number of carbonyl (C=O) groups excluding carboxylic acids is 1. The molecule has 1 aliphatic carbocycles. The molecule has 1 rings (SSSR count). The van der Waals surface area contributed by atoms with Gasteiger partial charge in [-0.2, -0.15) is 0 Å². The van der Waals surface area contributed by atoms with Crippen molar-refractivity contribution < 1.29 is 4.79 Å². The molecular formula is C11H17BO. The van der Waals surface area contributed by atoms with E-state index in [0.717, 1.165) is 12.0 Å². The molecule has 0 unspecified atom stereocenters. The van der Waals surface area contributed by atoms with E-state index >= 15 is 0 Å². The first-order valence-electron chi connectivity index (χ1n) is 4.86. The Balaban J connectivity index is 3.17. The van der Waals surface area contributed by atoms with Crippen molar-refractivity contribution >= 4 is 18.7 Å². The monoisotopic (exact) mass is 176 g/mol. The molecule has 0 saturated carbocycles. The van der Waals surface area contributed by atoms with Crippen LogP contribution in [0, 0.1) is 5.41 Å². The van der Waals surface area contributed by atoms with Crippen molar-refractivity contribution in [2.24, 2.45) is 5.41 Å². The van der Waals surface area contributed by atoms with Crippen molar-refractivity contribution in [3.8, 4) is 0 Å². The first kappa shape index (κ1) is 10.4. The van der Waals surface area contributed by atoms with E-state index in [4.69, 9.17) is 0 Å². The summed E-state index contributed by atoms with van der Waals surface area (Å²) in [5.41, 5.74) is 2.34. The molecule has 0 bridgehead atoms. The summed E-state index contributed by atoms with van der Waals surface area (Å²) in [6, 6.07) is 0. The molecule has 0 N–H and O–H groups in total. The van der Waals surface area contributed by atoms with Crippen LogP contribution in [0.15, 0.2) is 11.1 Å². The second kappa shape index (κ2) is 3.61. The van der Waals surface area contributed by atoms with Crippen LogP contribution in [0.2, 0.25) is 6.82 Å². The standard InChI is InChI=1S/C11H17BO/c1-8-9(7-12-4)11(2,3)6-5-10(8)13/h7H,5-6H2,1-4H3. The molecule has 0 saturated heterocycles. The maximum absolute atomic E-state index is 11.5. The van der Waals surface area contributed by atoms with Gasteiger partial charge in [0.15, 0.2) is 0 Å². The van der Waals surface area contributed by atoms with Crippen LogP contribution in [0.1, 0.15) is 33.6 Å². The predicted octanol–water partition coefficient (Wildman–Crippen LogP) is 2.25. The Bertz CT molecular complexity index is 284. The molecule has 0 spiro atoms. The summed E-state index contributed by atoms with van der Waals surface area (Å²) in [4.78, 5) is 11.5. The fraction of sp³-hybridized carbons (Fsp3) is 0.636. The predicted molar refractivity (Wildman–Crippen MR) is 58.4 cm³/mol. The van der Waals surface area contributed by atoms with Crippen LogP contribution in [0.3, 0.4) is 0 Å². The van der Waals surface area contributed by atoms with Gasteiger partial charge in [0.1, 0.15) is 0 Å². The molecule has 0 aromatic rings. The van der Waals surface area contributed by atoms with E-state index < -0.39 is 0 Å². The van der Waals surface area contributed by atoms with Crippen LogP contribution in [-0.2, 0) is 4.79 Å². The molecule has 13 heavy (non-hydrogen) atoms. The van der Waals surface area contributed by atoms with E-state index in [1.54, 1.807) is 0 Å². The summed E-state index contributed by atoms with van der Waals surface area (Å²) in [6.07, 6.45) is 1.68. The molecule has 0 radical (unpaired) electrons. The Kier molecular flexibility index (Phi) is 2.89. The van der Waals surface area contributed by atoms with Crippen molar-refractivity contribution in [1.82, 2.24) is 0 Å². The van der Waals surface area contributed by atoms with Crippen LogP contribution >= 0.6 is 0 Å². The van der Waals surface area contributed by atoms with E-state index in [0.29, 0.717) is 12.2 Å². The third-order valence-electron chi connectivity index (χ3n) is 2.86. The second-order valence-corrected chi connectivity index (χ2v) is 4.35. The topological polar surface area (TPSA) is 17.1 Å². The van der Waals surface area contributed by atoms with Crippen molar-refractivity contribution in [2.45, 2.75) is 40.4 Å². The average Bonchev–Trinajstić information content (AvgIpc) is 2.07. The molecule has 1 aliphatic rings. The molecule has 0 heterocycles. The summed E-state index contributed by atoms with van der Waals surface area (Å²) in [6.45, 7) is 10.4. The van der Waals surface area contributed by atoms with Gasteiger partial charge in [-0.1, -0.05) is 0 Å². The first-order chi connectivity index (χ1) is 5.99. The van der Waals surface area contributed by atoms with Gasteiger partial charge in [-0.05, 0) is 0 Å². The van der Waals surface area contributed by atoms with Crippen molar-refractivity contribution in [2.75, 3.05) is 0 Å². The third-order valence-corrected chi connectivity index (χ3v) is 2.86. The molecule has 0 aliphatic heterocycles. The number of hydrogen-bond donors (Lipinski definition) is 0. The summed E-state index contributed by atoms with van der Waals surface area (Å²) in [7, 11) is 0. The van der Waals surface area contributed by atoms with Crippen molar-refractivity contribution in [3.05, 3.63) is 11.1 Å². The minimum atomic E-state index is 0.171. The normalized spacial score (nSPS) is 22.3. The SMILES string of the molecule is CB=CC1=C(C)C(=O)CCC1(C)C. The summed E-state index contributed by atoms with van der Waals surface area (Å²) in [5.74, 6) is 2.39. The number of allylic oxidation sites excluding steroid dienone is 2. The molecule has 0 aromatic heterocycles. The number of ketones is 1. The molecule has 0 fully saturated rings. The van der Waals surface area contributed by atoms with Gasteiger partial charge >= 0.3 is 80.5 Å².